The molecule has 0 saturated heterocycles. The summed E-state index contributed by atoms with van der Waals surface area (Å²) in [6.45, 7) is 0.279. The smallest absolute Gasteiger partial charge is 0.271 e. The maximum Gasteiger partial charge on any atom is 0.271 e. The molecule has 0 fully saturated rings. The molecule has 2 rings (SSSR count). The Hall–Kier alpha value is -2.44. The van der Waals surface area contributed by atoms with Gasteiger partial charge in [0, 0.05) is 6.07 Å². The number of nitrogens with one attached hydrogen (secondary N) is 1. The monoisotopic (exact) mass is 219 g/mol. The molecule has 0 aliphatic heterocycles. The summed E-state index contributed by atoms with van der Waals surface area (Å²) in [7, 11) is 0. The fraction of sp³-hybridized carbons (Fsp3) is 0.111. The summed E-state index contributed by atoms with van der Waals surface area (Å²) in [5, 5.41) is 6.27. The van der Waals surface area contributed by atoms with Gasteiger partial charge in [-0.05, 0) is 0 Å². The maximum atomic E-state index is 11.5. The molecule has 7 nitrogen and oxygen atoms in total. The fourth-order valence-electron chi connectivity index (χ4n) is 1.05. The summed E-state index contributed by atoms with van der Waals surface area (Å²) in [4.78, 5) is 19.1. The Morgan fingerprint density at radius 1 is 1.44 bits per heavy atom. The van der Waals surface area contributed by atoms with E-state index < -0.39 is 0 Å². The highest BCUT2D eigenvalue weighted by Crippen LogP contribution is 1.98. The lowest BCUT2D eigenvalue weighted by Crippen LogP contribution is -2.24. The molecular weight excluding hydrogens is 210 g/mol. The standard InChI is InChI=1S/C9H9N5O2/c10-8-5-11-7(4-12-8)9(15)13-3-6-1-2-16-14-6/h1-2,4-5H,3H2,(H2,10,12)(H,13,15). The van der Waals surface area contributed by atoms with Gasteiger partial charge in [-0.2, -0.15) is 0 Å². The highest BCUT2D eigenvalue weighted by Gasteiger charge is 2.07. The van der Waals surface area contributed by atoms with E-state index in [9.17, 15) is 4.79 Å². The third-order valence-corrected chi connectivity index (χ3v) is 1.83. The molecule has 16 heavy (non-hydrogen) atoms. The molecule has 0 saturated carbocycles. The first-order valence-corrected chi connectivity index (χ1v) is 4.50. The van der Waals surface area contributed by atoms with Crippen LogP contribution in [0.2, 0.25) is 0 Å². The number of hydrogen-bond donors (Lipinski definition) is 2. The largest absolute Gasteiger partial charge is 0.382 e. The number of carbonyl (C=O) groups excluding carboxylic acids is 1. The van der Waals surface area contributed by atoms with E-state index in [-0.39, 0.29) is 24.0 Å². The molecule has 2 aromatic heterocycles. The van der Waals surface area contributed by atoms with Gasteiger partial charge in [0.2, 0.25) is 0 Å². The van der Waals surface area contributed by atoms with Gasteiger partial charge in [-0.25, -0.2) is 9.97 Å². The van der Waals surface area contributed by atoms with E-state index in [1.807, 2.05) is 0 Å². The molecule has 0 aliphatic carbocycles. The van der Waals surface area contributed by atoms with E-state index in [0.717, 1.165) is 0 Å². The summed E-state index contributed by atoms with van der Waals surface area (Å²) < 4.78 is 4.62. The first kappa shape index (κ1) is 10.1. The van der Waals surface area contributed by atoms with Gasteiger partial charge in [0.1, 0.15) is 23.5 Å². The van der Waals surface area contributed by atoms with Crippen molar-refractivity contribution in [2.75, 3.05) is 5.73 Å². The van der Waals surface area contributed by atoms with Gasteiger partial charge in [0.05, 0.1) is 18.9 Å². The first-order valence-electron chi connectivity index (χ1n) is 4.50. The zero-order valence-corrected chi connectivity index (χ0v) is 8.25. The van der Waals surface area contributed by atoms with Gasteiger partial charge in [-0.1, -0.05) is 5.16 Å². The van der Waals surface area contributed by atoms with Crippen LogP contribution in [0.25, 0.3) is 0 Å². The van der Waals surface area contributed by atoms with E-state index in [2.05, 4.69) is 25.0 Å². The molecule has 7 heteroatoms. The van der Waals surface area contributed by atoms with Crippen molar-refractivity contribution < 1.29 is 9.32 Å². The Balaban J connectivity index is 1.95. The lowest BCUT2D eigenvalue weighted by Gasteiger charge is -2.01. The van der Waals surface area contributed by atoms with Crippen LogP contribution in [0.15, 0.2) is 29.2 Å². The number of amides is 1. The van der Waals surface area contributed by atoms with Gasteiger partial charge >= 0.3 is 0 Å². The molecule has 0 unspecified atom stereocenters. The topological polar surface area (TPSA) is 107 Å². The third kappa shape index (κ3) is 2.32. The van der Waals surface area contributed by atoms with Gasteiger partial charge in [0.15, 0.2) is 0 Å². The van der Waals surface area contributed by atoms with Crippen molar-refractivity contribution in [2.45, 2.75) is 6.54 Å². The second-order valence-corrected chi connectivity index (χ2v) is 3.00. The molecule has 0 aliphatic rings. The molecule has 0 radical (unpaired) electrons. The van der Waals surface area contributed by atoms with Crippen molar-refractivity contribution >= 4 is 11.7 Å². The Labute approximate surface area is 90.7 Å². The number of aromatic nitrogens is 3. The van der Waals surface area contributed by atoms with Crippen molar-refractivity contribution in [1.29, 1.82) is 0 Å². The second-order valence-electron chi connectivity index (χ2n) is 3.00. The van der Waals surface area contributed by atoms with Crippen molar-refractivity contribution in [3.8, 4) is 0 Å². The molecule has 82 valence electrons. The van der Waals surface area contributed by atoms with Crippen LogP contribution >= 0.6 is 0 Å². The minimum atomic E-state index is -0.337. The van der Waals surface area contributed by atoms with E-state index in [4.69, 9.17) is 5.73 Å². The van der Waals surface area contributed by atoms with Crippen LogP contribution < -0.4 is 11.1 Å². The van der Waals surface area contributed by atoms with Gasteiger partial charge < -0.3 is 15.6 Å². The normalized spacial score (nSPS) is 10.0. The zero-order valence-electron chi connectivity index (χ0n) is 8.25. The van der Waals surface area contributed by atoms with E-state index in [1.54, 1.807) is 6.07 Å². The van der Waals surface area contributed by atoms with Gasteiger partial charge in [-0.15, -0.1) is 0 Å². The van der Waals surface area contributed by atoms with Crippen LogP contribution in [0.1, 0.15) is 16.2 Å². The number of nitrogens with two attached hydrogens (primary N) is 1. The fourth-order valence-corrected chi connectivity index (χ4v) is 1.05. The highest BCUT2D eigenvalue weighted by molar-refractivity contribution is 5.91. The molecule has 2 aromatic rings. The first-order chi connectivity index (χ1) is 7.75. The lowest BCUT2D eigenvalue weighted by atomic mass is 10.4. The highest BCUT2D eigenvalue weighted by atomic mass is 16.5. The lowest BCUT2D eigenvalue weighted by molar-refractivity contribution is 0.0944. The Bertz CT molecular complexity index is 465. The molecular formula is C9H9N5O2. The van der Waals surface area contributed by atoms with Crippen LogP contribution in [0, 0.1) is 0 Å². The van der Waals surface area contributed by atoms with Crippen molar-refractivity contribution in [2.24, 2.45) is 0 Å². The minimum absolute atomic E-state index is 0.206. The SMILES string of the molecule is Nc1cnc(C(=O)NCc2ccon2)cn1. The Morgan fingerprint density at radius 3 is 2.94 bits per heavy atom. The summed E-state index contributed by atoms with van der Waals surface area (Å²) in [5.41, 5.74) is 6.19. The van der Waals surface area contributed by atoms with Crippen LogP contribution in [0.3, 0.4) is 0 Å². The summed E-state index contributed by atoms with van der Waals surface area (Å²) in [6.07, 6.45) is 4.07. The molecule has 1 amide bonds. The number of nitrogens with zero attached hydrogens (tertiary/aromatic N) is 3. The third-order valence-electron chi connectivity index (χ3n) is 1.83. The Morgan fingerprint density at radius 2 is 2.31 bits per heavy atom. The van der Waals surface area contributed by atoms with Crippen LogP contribution in [0.5, 0.6) is 0 Å². The predicted molar refractivity (Wildman–Crippen MR) is 54.1 cm³/mol. The van der Waals surface area contributed by atoms with Crippen LogP contribution in [-0.2, 0) is 6.54 Å². The number of hydrogen-bond acceptors (Lipinski definition) is 6. The number of anilines is 1. The average Bonchev–Trinajstić information content (AvgIpc) is 2.80. The maximum absolute atomic E-state index is 11.5. The quantitative estimate of drug-likeness (QED) is 0.751. The summed E-state index contributed by atoms with van der Waals surface area (Å²) in [5.74, 6) is -0.0662. The molecule has 3 N–H and O–H groups in total. The molecule has 0 atom stereocenters. The van der Waals surface area contributed by atoms with E-state index in [0.29, 0.717) is 5.69 Å². The van der Waals surface area contributed by atoms with Crippen molar-refractivity contribution in [3.63, 3.8) is 0 Å². The predicted octanol–water partition coefficient (Wildman–Crippen LogP) is -0.0232. The minimum Gasteiger partial charge on any atom is -0.382 e. The molecule has 0 bridgehead atoms. The molecule has 0 spiro atoms. The average molecular weight is 219 g/mol. The van der Waals surface area contributed by atoms with E-state index >= 15 is 0 Å². The number of carbonyl (C=O) groups is 1. The molecule has 2 heterocycles. The van der Waals surface area contributed by atoms with Gasteiger partial charge in [0.25, 0.3) is 5.91 Å². The van der Waals surface area contributed by atoms with Gasteiger partial charge in [-0.3, -0.25) is 4.79 Å². The van der Waals surface area contributed by atoms with E-state index in [1.165, 1.54) is 18.7 Å². The second kappa shape index (κ2) is 4.39. The molecule has 0 aromatic carbocycles. The van der Waals surface area contributed by atoms with Crippen LogP contribution in [-0.4, -0.2) is 21.0 Å². The van der Waals surface area contributed by atoms with Crippen molar-refractivity contribution in [3.05, 3.63) is 36.1 Å². The Kier molecular flexibility index (Phi) is 2.77. The number of nitrogen functional groups attached to an aromatic ring is 1. The zero-order chi connectivity index (χ0) is 11.4. The summed E-state index contributed by atoms with van der Waals surface area (Å²) in [6, 6.07) is 1.66. The summed E-state index contributed by atoms with van der Waals surface area (Å²) >= 11 is 0. The van der Waals surface area contributed by atoms with Crippen LogP contribution in [0.4, 0.5) is 5.82 Å². The van der Waals surface area contributed by atoms with Crippen molar-refractivity contribution in [1.82, 2.24) is 20.4 Å². The number of rotatable bonds is 3.